The van der Waals surface area contributed by atoms with Crippen LogP contribution in [0.5, 0.6) is 0 Å². The van der Waals surface area contributed by atoms with E-state index in [1.54, 1.807) is 0 Å². The molecule has 1 aliphatic rings. The highest BCUT2D eigenvalue weighted by Gasteiger charge is 2.36. The molecule has 0 heterocycles. The molecule has 1 atom stereocenters. The first-order chi connectivity index (χ1) is 9.65. The topological polar surface area (TPSA) is 30.5 Å². The predicted octanol–water partition coefficient (Wildman–Crippen LogP) is 3.77. The molecule has 0 aromatic rings. The van der Waals surface area contributed by atoms with Crippen LogP contribution in [0, 0.1) is 5.92 Å². The van der Waals surface area contributed by atoms with E-state index < -0.39 is 0 Å². The lowest BCUT2D eigenvalue weighted by Gasteiger charge is -2.42. The maximum atomic E-state index is 6.43. The Morgan fingerprint density at radius 1 is 1.20 bits per heavy atom. The van der Waals surface area contributed by atoms with E-state index in [-0.39, 0.29) is 11.7 Å². The van der Waals surface area contributed by atoms with Crippen molar-refractivity contribution in [1.82, 2.24) is 5.32 Å². The van der Waals surface area contributed by atoms with Crippen LogP contribution in [0.15, 0.2) is 0 Å². The lowest BCUT2D eigenvalue weighted by atomic mass is 9.77. The van der Waals surface area contributed by atoms with Crippen molar-refractivity contribution < 1.29 is 9.47 Å². The summed E-state index contributed by atoms with van der Waals surface area (Å²) in [6.45, 7) is 12.3. The lowest BCUT2D eigenvalue weighted by Crippen LogP contribution is -2.48. The number of nitrogens with one attached hydrogen (secondary N) is 1. The minimum atomic E-state index is 0.0390. The predicted molar refractivity (Wildman–Crippen MR) is 85.2 cm³/mol. The molecular weight excluding hydrogens is 250 g/mol. The number of hydrogen-bond acceptors (Lipinski definition) is 3. The molecule has 1 fully saturated rings. The molecule has 0 aliphatic heterocycles. The van der Waals surface area contributed by atoms with E-state index in [0.717, 1.165) is 25.6 Å². The zero-order valence-electron chi connectivity index (χ0n) is 14.0. The molecule has 0 saturated heterocycles. The smallest absolute Gasteiger partial charge is 0.0811 e. The second-order valence-electron chi connectivity index (χ2n) is 6.30. The van der Waals surface area contributed by atoms with Gasteiger partial charge in [0.15, 0.2) is 0 Å². The van der Waals surface area contributed by atoms with Gasteiger partial charge < -0.3 is 14.8 Å². The van der Waals surface area contributed by atoms with Gasteiger partial charge in [-0.25, -0.2) is 0 Å². The Kier molecular flexibility index (Phi) is 8.74. The standard InChI is InChI=1S/C17H35NO2/c1-5-12-18-14-17(20-15(4)13-19-7-3)10-8-16(6-2)9-11-17/h15-16,18H,5-14H2,1-4H3. The first-order valence-electron chi connectivity index (χ1n) is 8.62. The third-order valence-electron chi connectivity index (χ3n) is 4.48. The van der Waals surface area contributed by atoms with E-state index in [9.17, 15) is 0 Å². The van der Waals surface area contributed by atoms with E-state index in [1.165, 1.54) is 38.5 Å². The lowest BCUT2D eigenvalue weighted by molar-refractivity contribution is -0.130. The van der Waals surface area contributed by atoms with Crippen LogP contribution in [0.2, 0.25) is 0 Å². The van der Waals surface area contributed by atoms with Crippen LogP contribution in [-0.2, 0) is 9.47 Å². The van der Waals surface area contributed by atoms with Crippen LogP contribution in [0.4, 0.5) is 0 Å². The van der Waals surface area contributed by atoms with Gasteiger partial charge in [-0.2, -0.15) is 0 Å². The first-order valence-corrected chi connectivity index (χ1v) is 8.62. The van der Waals surface area contributed by atoms with Crippen LogP contribution >= 0.6 is 0 Å². The molecule has 1 aliphatic carbocycles. The van der Waals surface area contributed by atoms with Crippen LogP contribution in [0.3, 0.4) is 0 Å². The normalized spacial score (nSPS) is 28.5. The molecular formula is C17H35NO2. The Labute approximate surface area is 125 Å². The molecule has 0 spiro atoms. The van der Waals surface area contributed by atoms with Gasteiger partial charge in [0.2, 0.25) is 0 Å². The van der Waals surface area contributed by atoms with Crippen molar-refractivity contribution >= 4 is 0 Å². The van der Waals surface area contributed by atoms with Gasteiger partial charge in [0.1, 0.15) is 0 Å². The summed E-state index contributed by atoms with van der Waals surface area (Å²) in [6, 6.07) is 0. The highest BCUT2D eigenvalue weighted by Crippen LogP contribution is 2.36. The molecule has 0 radical (unpaired) electrons. The maximum absolute atomic E-state index is 6.43. The molecule has 3 heteroatoms. The third kappa shape index (κ3) is 6.11. The van der Waals surface area contributed by atoms with Gasteiger partial charge >= 0.3 is 0 Å². The minimum absolute atomic E-state index is 0.0390. The fourth-order valence-corrected chi connectivity index (χ4v) is 3.19. The second kappa shape index (κ2) is 9.75. The Balaban J connectivity index is 2.50. The summed E-state index contributed by atoms with van der Waals surface area (Å²) in [5, 5.41) is 3.57. The summed E-state index contributed by atoms with van der Waals surface area (Å²) < 4.78 is 11.9. The number of ether oxygens (including phenoxy) is 2. The number of rotatable bonds is 10. The van der Waals surface area contributed by atoms with Gasteiger partial charge in [-0.15, -0.1) is 0 Å². The van der Waals surface area contributed by atoms with Crippen molar-refractivity contribution in [1.29, 1.82) is 0 Å². The summed E-state index contributed by atoms with van der Waals surface area (Å²) in [6.07, 6.45) is 7.70. The fourth-order valence-electron chi connectivity index (χ4n) is 3.19. The highest BCUT2D eigenvalue weighted by molar-refractivity contribution is 4.90. The highest BCUT2D eigenvalue weighted by atomic mass is 16.5. The van der Waals surface area contributed by atoms with Gasteiger partial charge in [0.25, 0.3) is 0 Å². The summed E-state index contributed by atoms with van der Waals surface area (Å²) in [4.78, 5) is 0. The zero-order valence-corrected chi connectivity index (χ0v) is 14.0. The van der Waals surface area contributed by atoms with Crippen molar-refractivity contribution in [2.75, 3.05) is 26.3 Å². The van der Waals surface area contributed by atoms with Gasteiger partial charge in [-0.3, -0.25) is 0 Å². The minimum Gasteiger partial charge on any atom is -0.379 e. The fraction of sp³-hybridized carbons (Fsp3) is 1.00. The van der Waals surface area contributed by atoms with Gasteiger partial charge in [-0.05, 0) is 58.4 Å². The summed E-state index contributed by atoms with van der Waals surface area (Å²) in [5.74, 6) is 0.903. The van der Waals surface area contributed by atoms with E-state index >= 15 is 0 Å². The van der Waals surface area contributed by atoms with Crippen LogP contribution in [0.25, 0.3) is 0 Å². The summed E-state index contributed by atoms with van der Waals surface area (Å²) in [7, 11) is 0. The second-order valence-corrected chi connectivity index (χ2v) is 6.30. The first kappa shape index (κ1) is 17.9. The monoisotopic (exact) mass is 285 g/mol. The zero-order chi connectivity index (χ0) is 14.8. The molecule has 1 N–H and O–H groups in total. The van der Waals surface area contributed by atoms with Gasteiger partial charge in [0.05, 0.1) is 18.3 Å². The molecule has 0 amide bonds. The Bertz CT molecular complexity index is 232. The maximum Gasteiger partial charge on any atom is 0.0811 e. The van der Waals surface area contributed by atoms with E-state index in [1.807, 2.05) is 6.92 Å². The quantitative estimate of drug-likeness (QED) is 0.620. The Morgan fingerprint density at radius 3 is 2.45 bits per heavy atom. The largest absolute Gasteiger partial charge is 0.379 e. The average molecular weight is 285 g/mol. The summed E-state index contributed by atoms with van der Waals surface area (Å²) >= 11 is 0. The SMILES string of the molecule is CCCNCC1(OC(C)COCC)CCC(CC)CC1. The van der Waals surface area contributed by atoms with Crippen molar-refractivity contribution in [3.63, 3.8) is 0 Å². The van der Waals surface area contributed by atoms with Crippen LogP contribution < -0.4 is 5.32 Å². The van der Waals surface area contributed by atoms with Crippen molar-refractivity contribution in [2.45, 2.75) is 77.9 Å². The Hall–Kier alpha value is -0.120. The van der Waals surface area contributed by atoms with Gasteiger partial charge in [0, 0.05) is 13.2 Å². The molecule has 1 unspecified atom stereocenters. The van der Waals surface area contributed by atoms with E-state index in [4.69, 9.17) is 9.47 Å². The average Bonchev–Trinajstić information content (AvgIpc) is 2.46. The van der Waals surface area contributed by atoms with E-state index in [0.29, 0.717) is 6.61 Å². The molecule has 20 heavy (non-hydrogen) atoms. The number of hydrogen-bond donors (Lipinski definition) is 1. The van der Waals surface area contributed by atoms with E-state index in [2.05, 4.69) is 26.1 Å². The van der Waals surface area contributed by atoms with Crippen LogP contribution in [0.1, 0.15) is 66.2 Å². The van der Waals surface area contributed by atoms with Gasteiger partial charge in [-0.1, -0.05) is 20.3 Å². The molecule has 120 valence electrons. The molecule has 3 nitrogen and oxygen atoms in total. The van der Waals surface area contributed by atoms with Crippen molar-refractivity contribution in [2.24, 2.45) is 5.92 Å². The molecule has 0 aromatic carbocycles. The Morgan fingerprint density at radius 2 is 1.90 bits per heavy atom. The molecule has 1 rings (SSSR count). The molecule has 0 bridgehead atoms. The van der Waals surface area contributed by atoms with Crippen molar-refractivity contribution in [3.8, 4) is 0 Å². The third-order valence-corrected chi connectivity index (χ3v) is 4.48. The molecule has 0 aromatic heterocycles. The summed E-state index contributed by atoms with van der Waals surface area (Å²) in [5.41, 5.74) is 0.0390. The van der Waals surface area contributed by atoms with Crippen LogP contribution in [-0.4, -0.2) is 38.0 Å². The molecule has 1 saturated carbocycles. The van der Waals surface area contributed by atoms with Crippen molar-refractivity contribution in [3.05, 3.63) is 0 Å².